The quantitative estimate of drug-likeness (QED) is 0.516. The zero-order valence-corrected chi connectivity index (χ0v) is 21.3. The van der Waals surface area contributed by atoms with Gasteiger partial charge in [0.05, 0.1) is 24.1 Å². The van der Waals surface area contributed by atoms with Crippen LogP contribution in [0.3, 0.4) is 0 Å². The van der Waals surface area contributed by atoms with Crippen LogP contribution in [0, 0.1) is 13.8 Å². The van der Waals surface area contributed by atoms with Crippen molar-refractivity contribution in [2.45, 2.75) is 59.3 Å². The molecule has 1 heterocycles. The van der Waals surface area contributed by atoms with E-state index in [1.807, 2.05) is 26.0 Å². The van der Waals surface area contributed by atoms with E-state index in [2.05, 4.69) is 5.32 Å². The summed E-state index contributed by atoms with van der Waals surface area (Å²) in [6, 6.07) is 5.55. The molecular formula is C24H32N2O5S2. The molecule has 0 fully saturated rings. The van der Waals surface area contributed by atoms with Crippen molar-refractivity contribution >= 4 is 43.9 Å². The molecule has 1 aromatic heterocycles. The van der Waals surface area contributed by atoms with Crippen molar-refractivity contribution in [2.24, 2.45) is 0 Å². The lowest BCUT2D eigenvalue weighted by Gasteiger charge is -2.24. The maximum absolute atomic E-state index is 12.7. The number of aryl methyl sites for hydroxylation is 2. The first-order chi connectivity index (χ1) is 15.6. The van der Waals surface area contributed by atoms with Crippen LogP contribution >= 0.6 is 11.3 Å². The van der Waals surface area contributed by atoms with E-state index < -0.39 is 16.0 Å². The van der Waals surface area contributed by atoms with Crippen LogP contribution in [0.4, 0.5) is 10.7 Å². The lowest BCUT2D eigenvalue weighted by Crippen LogP contribution is -2.32. The maximum atomic E-state index is 12.7. The Morgan fingerprint density at radius 1 is 1.18 bits per heavy atom. The van der Waals surface area contributed by atoms with Crippen molar-refractivity contribution in [1.29, 1.82) is 0 Å². The molecule has 9 heteroatoms. The van der Waals surface area contributed by atoms with E-state index in [1.54, 1.807) is 13.0 Å². The van der Waals surface area contributed by atoms with Gasteiger partial charge in [0.2, 0.25) is 15.9 Å². The zero-order valence-electron chi connectivity index (χ0n) is 19.7. The predicted octanol–water partition coefficient (Wildman–Crippen LogP) is 4.61. The summed E-state index contributed by atoms with van der Waals surface area (Å²) in [5, 5.41) is 3.43. The molecule has 1 N–H and O–H groups in total. The summed E-state index contributed by atoms with van der Waals surface area (Å²) < 4.78 is 31.5. The molecule has 7 nitrogen and oxygen atoms in total. The van der Waals surface area contributed by atoms with Gasteiger partial charge in [0.25, 0.3) is 0 Å². The number of nitrogens with zero attached hydrogens (tertiary/aromatic N) is 1. The van der Waals surface area contributed by atoms with Crippen molar-refractivity contribution in [2.75, 3.05) is 29.0 Å². The molecule has 1 amide bonds. The lowest BCUT2D eigenvalue weighted by molar-refractivity contribution is -0.116. The van der Waals surface area contributed by atoms with Crippen LogP contribution in [0.25, 0.3) is 0 Å². The summed E-state index contributed by atoms with van der Waals surface area (Å²) >= 11 is 1.45. The molecule has 2 aromatic rings. The first-order valence-electron chi connectivity index (χ1n) is 11.3. The fourth-order valence-corrected chi connectivity index (χ4v) is 6.43. The fraction of sp³-hybridized carbons (Fsp3) is 0.500. The van der Waals surface area contributed by atoms with Crippen molar-refractivity contribution < 1.29 is 22.7 Å². The number of amides is 1. The number of thiophene rings is 1. The minimum Gasteiger partial charge on any atom is -0.462 e. The Morgan fingerprint density at radius 3 is 2.61 bits per heavy atom. The van der Waals surface area contributed by atoms with Gasteiger partial charge in [-0.2, -0.15) is 0 Å². The number of nitrogens with one attached hydrogen (secondary N) is 1. The Hall–Kier alpha value is -2.39. The van der Waals surface area contributed by atoms with Crippen LogP contribution in [0.15, 0.2) is 18.2 Å². The first kappa shape index (κ1) is 25.2. The van der Waals surface area contributed by atoms with Crippen LogP contribution in [-0.2, 0) is 32.4 Å². The average Bonchev–Trinajstić information content (AvgIpc) is 3.10. The van der Waals surface area contributed by atoms with E-state index in [9.17, 15) is 18.0 Å². The molecule has 180 valence electrons. The number of hydrogen-bond donors (Lipinski definition) is 1. The molecule has 0 aliphatic heterocycles. The maximum Gasteiger partial charge on any atom is 0.341 e. The van der Waals surface area contributed by atoms with Crippen molar-refractivity contribution in [3.63, 3.8) is 0 Å². The number of sulfonamides is 1. The molecule has 0 atom stereocenters. The Labute approximate surface area is 200 Å². The second-order valence-corrected chi connectivity index (χ2v) is 11.4. The van der Waals surface area contributed by atoms with E-state index in [1.165, 1.54) is 21.9 Å². The minimum absolute atomic E-state index is 0.141. The van der Waals surface area contributed by atoms with Crippen LogP contribution in [-0.4, -0.2) is 39.7 Å². The predicted molar refractivity (Wildman–Crippen MR) is 133 cm³/mol. The highest BCUT2D eigenvalue weighted by Crippen LogP contribution is 2.38. The van der Waals surface area contributed by atoms with Gasteiger partial charge in [-0.05, 0) is 75.6 Å². The van der Waals surface area contributed by atoms with Gasteiger partial charge in [-0.1, -0.05) is 12.1 Å². The molecule has 1 aliphatic carbocycles. The minimum atomic E-state index is -3.50. The Kier molecular flexibility index (Phi) is 8.18. The van der Waals surface area contributed by atoms with Gasteiger partial charge in [0, 0.05) is 17.8 Å². The number of fused-ring (bicyclic) bond motifs is 1. The number of esters is 1. The Balaban J connectivity index is 1.71. The topological polar surface area (TPSA) is 92.8 Å². The Morgan fingerprint density at radius 2 is 1.91 bits per heavy atom. The van der Waals surface area contributed by atoms with Crippen LogP contribution < -0.4 is 9.62 Å². The third-order valence-corrected chi connectivity index (χ3v) is 8.30. The summed E-state index contributed by atoms with van der Waals surface area (Å²) in [5.41, 5.74) is 4.02. The fourth-order valence-electron chi connectivity index (χ4n) is 4.12. The molecule has 33 heavy (non-hydrogen) atoms. The van der Waals surface area contributed by atoms with Crippen LogP contribution in [0.5, 0.6) is 0 Å². The third-order valence-electron chi connectivity index (χ3n) is 5.91. The SMILES string of the molecule is CCOC(=O)c1c(NC(=O)CCCN(c2cccc(C)c2C)S(C)(=O)=O)sc2c1CCCC2. The highest BCUT2D eigenvalue weighted by atomic mass is 32.2. The average molecular weight is 493 g/mol. The van der Waals surface area contributed by atoms with Gasteiger partial charge in [-0.25, -0.2) is 13.2 Å². The molecule has 0 radical (unpaired) electrons. The molecule has 0 saturated carbocycles. The number of ether oxygens (including phenoxy) is 1. The molecule has 0 spiro atoms. The standard InChI is InChI=1S/C24H32N2O5S2/c1-5-31-24(28)22-18-11-6-7-13-20(18)32-23(22)25-21(27)14-9-15-26(33(4,29)30)19-12-8-10-16(2)17(19)3/h8,10,12H,5-7,9,11,13-15H2,1-4H3,(H,25,27). The number of anilines is 2. The number of benzene rings is 1. The molecule has 0 unspecified atom stereocenters. The van der Waals surface area contributed by atoms with Crippen molar-refractivity contribution in [3.05, 3.63) is 45.3 Å². The van der Waals surface area contributed by atoms with E-state index >= 15 is 0 Å². The number of hydrogen-bond acceptors (Lipinski definition) is 6. The monoisotopic (exact) mass is 492 g/mol. The molecular weight excluding hydrogens is 460 g/mol. The summed E-state index contributed by atoms with van der Waals surface area (Å²) in [4.78, 5) is 26.4. The number of carbonyl (C=O) groups excluding carboxylic acids is 2. The molecule has 0 saturated heterocycles. The van der Waals surface area contributed by atoms with Crippen LogP contribution in [0.1, 0.15) is 64.5 Å². The summed E-state index contributed by atoms with van der Waals surface area (Å²) in [5.74, 6) is -0.640. The van der Waals surface area contributed by atoms with E-state index in [-0.39, 0.29) is 25.5 Å². The number of rotatable bonds is 9. The summed E-state index contributed by atoms with van der Waals surface area (Å²) in [6.07, 6.45) is 5.48. The Bertz CT molecular complexity index is 1140. The molecule has 3 rings (SSSR count). The van der Waals surface area contributed by atoms with E-state index in [0.29, 0.717) is 22.7 Å². The van der Waals surface area contributed by atoms with Gasteiger partial charge in [-0.15, -0.1) is 11.3 Å². The highest BCUT2D eigenvalue weighted by molar-refractivity contribution is 7.92. The third kappa shape index (κ3) is 5.95. The highest BCUT2D eigenvalue weighted by Gasteiger charge is 2.27. The second kappa shape index (κ2) is 10.7. The molecule has 0 bridgehead atoms. The molecule has 1 aromatic carbocycles. The lowest BCUT2D eigenvalue weighted by atomic mass is 9.95. The van der Waals surface area contributed by atoms with Gasteiger partial charge < -0.3 is 10.1 Å². The van der Waals surface area contributed by atoms with Gasteiger partial charge in [0.1, 0.15) is 5.00 Å². The van der Waals surface area contributed by atoms with Gasteiger partial charge in [-0.3, -0.25) is 9.10 Å². The van der Waals surface area contributed by atoms with Crippen molar-refractivity contribution in [3.8, 4) is 0 Å². The van der Waals surface area contributed by atoms with Crippen molar-refractivity contribution in [1.82, 2.24) is 0 Å². The second-order valence-electron chi connectivity index (χ2n) is 8.34. The summed E-state index contributed by atoms with van der Waals surface area (Å²) in [6.45, 7) is 6.07. The largest absolute Gasteiger partial charge is 0.462 e. The normalized spacial score (nSPS) is 13.3. The summed E-state index contributed by atoms with van der Waals surface area (Å²) in [7, 11) is -3.50. The first-order valence-corrected chi connectivity index (χ1v) is 13.9. The van der Waals surface area contributed by atoms with Gasteiger partial charge >= 0.3 is 5.97 Å². The van der Waals surface area contributed by atoms with Gasteiger partial charge in [0.15, 0.2) is 0 Å². The van der Waals surface area contributed by atoms with E-state index in [4.69, 9.17) is 4.74 Å². The molecule has 1 aliphatic rings. The van der Waals surface area contributed by atoms with E-state index in [0.717, 1.165) is 47.3 Å². The van der Waals surface area contributed by atoms with Crippen LogP contribution in [0.2, 0.25) is 0 Å². The number of carbonyl (C=O) groups is 2. The smallest absolute Gasteiger partial charge is 0.341 e. The zero-order chi connectivity index (χ0) is 24.2.